The molecule has 2 aromatic rings. The Balaban J connectivity index is 1.65. The van der Waals surface area contributed by atoms with Crippen LogP contribution in [0.4, 0.5) is 4.39 Å². The van der Waals surface area contributed by atoms with Crippen LogP contribution in [0, 0.1) is 19.7 Å². The first-order valence-corrected chi connectivity index (χ1v) is 8.74. The molecule has 0 radical (unpaired) electrons. The van der Waals surface area contributed by atoms with Gasteiger partial charge in [-0.15, -0.1) is 11.8 Å². The van der Waals surface area contributed by atoms with Crippen LogP contribution < -0.4 is 5.32 Å². The summed E-state index contributed by atoms with van der Waals surface area (Å²) < 4.78 is 12.8. The molecule has 0 aliphatic heterocycles. The van der Waals surface area contributed by atoms with Gasteiger partial charge < -0.3 is 5.32 Å². The van der Waals surface area contributed by atoms with Gasteiger partial charge in [0, 0.05) is 23.6 Å². The lowest BCUT2D eigenvalue weighted by molar-refractivity contribution is -0.120. The third-order valence-electron chi connectivity index (χ3n) is 3.73. The van der Waals surface area contributed by atoms with E-state index in [9.17, 15) is 9.18 Å². The van der Waals surface area contributed by atoms with E-state index in [-0.39, 0.29) is 11.7 Å². The minimum absolute atomic E-state index is 0.0587. The van der Waals surface area contributed by atoms with Crippen molar-refractivity contribution in [2.45, 2.75) is 31.6 Å². The number of aryl methyl sites for hydroxylation is 2. The van der Waals surface area contributed by atoms with E-state index < -0.39 is 0 Å². The highest BCUT2D eigenvalue weighted by Crippen LogP contribution is 2.21. The predicted octanol–water partition coefficient (Wildman–Crippen LogP) is 4.28. The lowest BCUT2D eigenvalue weighted by atomic mass is 10.1. The number of nitrogens with one attached hydrogen (secondary N) is 1. The van der Waals surface area contributed by atoms with Crippen LogP contribution in [0.5, 0.6) is 0 Å². The van der Waals surface area contributed by atoms with E-state index in [4.69, 9.17) is 0 Å². The molecule has 2 aromatic carbocycles. The molecule has 1 amide bonds. The molecule has 0 unspecified atom stereocenters. The predicted molar refractivity (Wildman–Crippen MR) is 94.4 cm³/mol. The molecule has 23 heavy (non-hydrogen) atoms. The molecule has 0 aliphatic carbocycles. The molecule has 0 bridgehead atoms. The van der Waals surface area contributed by atoms with Crippen LogP contribution in [0.2, 0.25) is 0 Å². The number of carbonyl (C=O) groups excluding carboxylic acids is 1. The number of halogens is 1. The molecule has 0 spiro atoms. The average molecular weight is 331 g/mol. The normalized spacial score (nSPS) is 10.6. The monoisotopic (exact) mass is 331 g/mol. The van der Waals surface area contributed by atoms with Crippen LogP contribution in [0.1, 0.15) is 23.1 Å². The summed E-state index contributed by atoms with van der Waals surface area (Å²) in [4.78, 5) is 13.0. The molecule has 2 nitrogen and oxygen atoms in total. The van der Waals surface area contributed by atoms with Crippen molar-refractivity contribution < 1.29 is 9.18 Å². The van der Waals surface area contributed by atoms with Crippen LogP contribution in [0.15, 0.2) is 47.4 Å². The quantitative estimate of drug-likeness (QED) is 0.767. The molecule has 0 atom stereocenters. The highest BCUT2D eigenvalue weighted by molar-refractivity contribution is 7.99. The summed E-state index contributed by atoms with van der Waals surface area (Å²) in [5.74, 6) is 0.592. The van der Waals surface area contributed by atoms with Crippen molar-refractivity contribution in [3.8, 4) is 0 Å². The molecular weight excluding hydrogens is 309 g/mol. The summed E-state index contributed by atoms with van der Waals surface area (Å²) in [6.45, 7) is 4.78. The van der Waals surface area contributed by atoms with Gasteiger partial charge in [0.05, 0.1) is 0 Å². The largest absolute Gasteiger partial charge is 0.356 e. The van der Waals surface area contributed by atoms with Crippen molar-refractivity contribution >= 4 is 17.7 Å². The average Bonchev–Trinajstić information content (AvgIpc) is 2.53. The van der Waals surface area contributed by atoms with Crippen LogP contribution in [-0.4, -0.2) is 18.2 Å². The number of hydrogen-bond acceptors (Lipinski definition) is 2. The zero-order valence-electron chi connectivity index (χ0n) is 13.6. The molecule has 1 N–H and O–H groups in total. The molecule has 0 aliphatic rings. The van der Waals surface area contributed by atoms with Gasteiger partial charge in [-0.25, -0.2) is 4.39 Å². The maximum atomic E-state index is 12.8. The van der Waals surface area contributed by atoms with Gasteiger partial charge in [-0.1, -0.05) is 18.2 Å². The van der Waals surface area contributed by atoms with E-state index in [0.29, 0.717) is 13.0 Å². The summed E-state index contributed by atoms with van der Waals surface area (Å²) in [7, 11) is 0. The first-order valence-electron chi connectivity index (χ1n) is 7.76. The Hall–Kier alpha value is -1.81. The Labute approximate surface area is 141 Å². The first-order chi connectivity index (χ1) is 11.0. The van der Waals surface area contributed by atoms with Gasteiger partial charge in [-0.3, -0.25) is 4.79 Å². The van der Waals surface area contributed by atoms with E-state index in [2.05, 4.69) is 37.4 Å². The van der Waals surface area contributed by atoms with Gasteiger partial charge >= 0.3 is 0 Å². The fraction of sp³-hybridized carbons (Fsp3) is 0.316. The highest BCUT2D eigenvalue weighted by Gasteiger charge is 2.03. The second-order valence-electron chi connectivity index (χ2n) is 5.57. The molecule has 2 rings (SSSR count). The van der Waals surface area contributed by atoms with Gasteiger partial charge in [-0.2, -0.15) is 0 Å². The maximum absolute atomic E-state index is 12.8. The topological polar surface area (TPSA) is 29.1 Å². The number of rotatable bonds is 7. The van der Waals surface area contributed by atoms with Gasteiger partial charge in [0.15, 0.2) is 0 Å². The lowest BCUT2D eigenvalue weighted by Crippen LogP contribution is -2.25. The van der Waals surface area contributed by atoms with E-state index in [1.165, 1.54) is 28.2 Å². The van der Waals surface area contributed by atoms with Gasteiger partial charge in [-0.05, 0) is 61.2 Å². The molecule has 0 saturated heterocycles. The van der Waals surface area contributed by atoms with E-state index in [1.807, 2.05) is 0 Å². The Morgan fingerprint density at radius 1 is 1.09 bits per heavy atom. The molecule has 0 heterocycles. The minimum Gasteiger partial charge on any atom is -0.356 e. The van der Waals surface area contributed by atoms with Crippen molar-refractivity contribution in [2.24, 2.45) is 0 Å². The van der Waals surface area contributed by atoms with E-state index in [1.54, 1.807) is 23.9 Å². The second-order valence-corrected chi connectivity index (χ2v) is 6.74. The van der Waals surface area contributed by atoms with Crippen molar-refractivity contribution in [1.82, 2.24) is 5.32 Å². The van der Waals surface area contributed by atoms with Gasteiger partial charge in [0.25, 0.3) is 0 Å². The standard InChI is InChI=1S/C19H22FNOS/c1-14-3-8-18(13-15(14)2)23-12-10-19(22)21-11-9-16-4-6-17(20)7-5-16/h3-8,13H,9-12H2,1-2H3,(H,21,22). The third kappa shape index (κ3) is 6.06. The summed E-state index contributed by atoms with van der Waals surface area (Å²) in [6.07, 6.45) is 1.22. The Bertz CT molecular complexity index is 655. The number of hydrogen-bond donors (Lipinski definition) is 1. The molecule has 0 saturated carbocycles. The summed E-state index contributed by atoms with van der Waals surface area (Å²) >= 11 is 1.70. The lowest BCUT2D eigenvalue weighted by Gasteiger charge is -2.07. The fourth-order valence-corrected chi connectivity index (χ4v) is 3.10. The first kappa shape index (κ1) is 17.5. The number of carbonyl (C=O) groups is 1. The van der Waals surface area contributed by atoms with Crippen molar-refractivity contribution in [3.05, 3.63) is 65.0 Å². The molecule has 0 fully saturated rings. The van der Waals surface area contributed by atoms with Crippen LogP contribution >= 0.6 is 11.8 Å². The van der Waals surface area contributed by atoms with E-state index >= 15 is 0 Å². The van der Waals surface area contributed by atoms with E-state index in [0.717, 1.165) is 17.7 Å². The zero-order valence-corrected chi connectivity index (χ0v) is 14.4. The summed E-state index contributed by atoms with van der Waals surface area (Å²) in [6, 6.07) is 12.7. The molecule has 0 aromatic heterocycles. The second kappa shape index (κ2) is 8.73. The number of benzene rings is 2. The molecule has 122 valence electrons. The zero-order chi connectivity index (χ0) is 16.7. The van der Waals surface area contributed by atoms with Crippen molar-refractivity contribution in [1.29, 1.82) is 0 Å². The van der Waals surface area contributed by atoms with Crippen molar-refractivity contribution in [2.75, 3.05) is 12.3 Å². The van der Waals surface area contributed by atoms with Crippen molar-refractivity contribution in [3.63, 3.8) is 0 Å². The Morgan fingerprint density at radius 2 is 1.83 bits per heavy atom. The van der Waals surface area contributed by atoms with Gasteiger partial charge in [0.2, 0.25) is 5.91 Å². The van der Waals surface area contributed by atoms with Crippen LogP contribution in [0.3, 0.4) is 0 Å². The Kier molecular flexibility index (Phi) is 6.66. The summed E-state index contributed by atoms with van der Waals surface area (Å²) in [5, 5.41) is 2.91. The maximum Gasteiger partial charge on any atom is 0.220 e. The highest BCUT2D eigenvalue weighted by atomic mass is 32.2. The van der Waals surface area contributed by atoms with Crippen LogP contribution in [0.25, 0.3) is 0 Å². The van der Waals surface area contributed by atoms with Gasteiger partial charge in [0.1, 0.15) is 5.82 Å². The molecule has 4 heteroatoms. The smallest absolute Gasteiger partial charge is 0.220 e. The summed E-state index contributed by atoms with van der Waals surface area (Å²) in [5.41, 5.74) is 3.59. The number of thioether (sulfide) groups is 1. The van der Waals surface area contributed by atoms with Crippen LogP contribution in [-0.2, 0) is 11.2 Å². The SMILES string of the molecule is Cc1ccc(SCCC(=O)NCCc2ccc(F)cc2)cc1C. The minimum atomic E-state index is -0.235. The Morgan fingerprint density at radius 3 is 2.52 bits per heavy atom. The third-order valence-corrected chi connectivity index (χ3v) is 4.72. The molecular formula is C19H22FNOS. The fourth-order valence-electron chi connectivity index (χ4n) is 2.15. The number of amides is 1.